The summed E-state index contributed by atoms with van der Waals surface area (Å²) in [4.78, 5) is 32.7. The number of benzene rings is 2. The van der Waals surface area contributed by atoms with Crippen LogP contribution in [0.15, 0.2) is 60.9 Å². The van der Waals surface area contributed by atoms with E-state index in [1.165, 1.54) is 19.5 Å². The van der Waals surface area contributed by atoms with Crippen LogP contribution in [0.3, 0.4) is 0 Å². The summed E-state index contributed by atoms with van der Waals surface area (Å²) in [6.07, 6.45) is 2.80. The normalized spacial score (nSPS) is 10.1. The van der Waals surface area contributed by atoms with Gasteiger partial charge in [0.2, 0.25) is 0 Å². The number of amides is 1. The lowest BCUT2D eigenvalue weighted by Gasteiger charge is -2.12. The van der Waals surface area contributed by atoms with Crippen LogP contribution in [0.25, 0.3) is 0 Å². The molecule has 3 aromatic rings. The van der Waals surface area contributed by atoms with Crippen LogP contribution < -0.4 is 15.4 Å². The fourth-order valence-electron chi connectivity index (χ4n) is 2.57. The van der Waals surface area contributed by atoms with Gasteiger partial charge in [-0.3, -0.25) is 4.79 Å². The predicted molar refractivity (Wildman–Crippen MR) is 109 cm³/mol. The van der Waals surface area contributed by atoms with E-state index in [1.54, 1.807) is 24.3 Å². The Kier molecular flexibility index (Phi) is 6.36. The van der Waals surface area contributed by atoms with Crippen LogP contribution in [0.4, 0.5) is 17.2 Å². The Morgan fingerprint density at radius 3 is 2.38 bits per heavy atom. The number of hydrogen-bond donors (Lipinski definition) is 2. The lowest BCUT2D eigenvalue weighted by Crippen LogP contribution is -2.17. The Hall–Kier alpha value is -3.94. The molecule has 2 N–H and O–H groups in total. The Balaban J connectivity index is 1.73. The van der Waals surface area contributed by atoms with Crippen molar-refractivity contribution >= 4 is 29.1 Å². The molecule has 0 aliphatic carbocycles. The van der Waals surface area contributed by atoms with Crippen molar-refractivity contribution in [3.8, 4) is 5.75 Å². The summed E-state index contributed by atoms with van der Waals surface area (Å²) in [6.45, 7) is 2.44. The monoisotopic (exact) mass is 392 g/mol. The number of aromatic nitrogens is 2. The standard InChI is InChI=1S/C21H20N4O4/c1-3-29-18-11-7-6-10-16(18)24-19-13-22-17(12-23-19)20(26)25-15-9-5-4-8-14(15)21(27)28-2/h4-13H,3H2,1-2H3,(H,23,24)(H,25,26). The van der Waals surface area contributed by atoms with Gasteiger partial charge in [-0.2, -0.15) is 0 Å². The second kappa shape index (κ2) is 9.32. The average Bonchev–Trinajstić information content (AvgIpc) is 2.75. The van der Waals surface area contributed by atoms with E-state index in [0.29, 0.717) is 23.9 Å². The minimum atomic E-state index is -0.542. The van der Waals surface area contributed by atoms with Crippen LogP contribution in [0.2, 0.25) is 0 Å². The summed E-state index contributed by atoms with van der Waals surface area (Å²) < 4.78 is 10.3. The first-order chi connectivity index (χ1) is 14.1. The van der Waals surface area contributed by atoms with Crippen molar-refractivity contribution in [2.24, 2.45) is 0 Å². The highest BCUT2D eigenvalue weighted by Crippen LogP contribution is 2.26. The minimum Gasteiger partial charge on any atom is -0.492 e. The molecule has 29 heavy (non-hydrogen) atoms. The van der Waals surface area contributed by atoms with Crippen LogP contribution in [0, 0.1) is 0 Å². The molecule has 8 nitrogen and oxygen atoms in total. The fourth-order valence-corrected chi connectivity index (χ4v) is 2.57. The molecule has 3 rings (SSSR count). The van der Waals surface area contributed by atoms with Gasteiger partial charge in [-0.05, 0) is 31.2 Å². The van der Waals surface area contributed by atoms with E-state index in [-0.39, 0.29) is 11.3 Å². The summed E-state index contributed by atoms with van der Waals surface area (Å²) in [5.74, 6) is 0.122. The number of esters is 1. The van der Waals surface area contributed by atoms with Gasteiger partial charge in [-0.1, -0.05) is 24.3 Å². The largest absolute Gasteiger partial charge is 0.492 e. The topological polar surface area (TPSA) is 102 Å². The van der Waals surface area contributed by atoms with Gasteiger partial charge >= 0.3 is 5.97 Å². The smallest absolute Gasteiger partial charge is 0.339 e. The first-order valence-electron chi connectivity index (χ1n) is 8.92. The molecular formula is C21H20N4O4. The van der Waals surface area contributed by atoms with Crippen molar-refractivity contribution in [2.45, 2.75) is 6.92 Å². The first kappa shape index (κ1) is 19.8. The number of nitrogens with one attached hydrogen (secondary N) is 2. The zero-order valence-corrected chi connectivity index (χ0v) is 16.0. The summed E-state index contributed by atoms with van der Waals surface area (Å²) in [6, 6.07) is 14.0. The van der Waals surface area contributed by atoms with Crippen LogP contribution in [0.1, 0.15) is 27.8 Å². The molecule has 0 saturated heterocycles. The van der Waals surface area contributed by atoms with Gasteiger partial charge < -0.3 is 20.1 Å². The summed E-state index contributed by atoms with van der Waals surface area (Å²) >= 11 is 0. The molecule has 0 saturated carbocycles. The molecular weight excluding hydrogens is 372 g/mol. The highest BCUT2D eigenvalue weighted by Gasteiger charge is 2.15. The Bertz CT molecular complexity index is 1010. The molecule has 1 aromatic heterocycles. The lowest BCUT2D eigenvalue weighted by atomic mass is 10.1. The van der Waals surface area contributed by atoms with E-state index in [9.17, 15) is 9.59 Å². The van der Waals surface area contributed by atoms with Gasteiger partial charge in [-0.15, -0.1) is 0 Å². The Morgan fingerprint density at radius 1 is 0.966 bits per heavy atom. The quantitative estimate of drug-likeness (QED) is 0.592. The molecule has 1 amide bonds. The highest BCUT2D eigenvalue weighted by molar-refractivity contribution is 6.06. The summed E-state index contributed by atoms with van der Waals surface area (Å²) in [5.41, 5.74) is 1.43. The van der Waals surface area contributed by atoms with Crippen molar-refractivity contribution < 1.29 is 19.1 Å². The van der Waals surface area contributed by atoms with Gasteiger partial charge in [0.25, 0.3) is 5.91 Å². The molecule has 0 fully saturated rings. The van der Waals surface area contributed by atoms with E-state index in [4.69, 9.17) is 9.47 Å². The number of methoxy groups -OCH3 is 1. The second-order valence-electron chi connectivity index (χ2n) is 5.83. The number of carbonyl (C=O) groups is 2. The van der Waals surface area contributed by atoms with E-state index in [2.05, 4.69) is 20.6 Å². The van der Waals surface area contributed by atoms with Gasteiger partial charge in [0, 0.05) is 0 Å². The lowest BCUT2D eigenvalue weighted by molar-refractivity contribution is 0.0602. The number of nitrogens with zero attached hydrogens (tertiary/aromatic N) is 2. The molecule has 8 heteroatoms. The highest BCUT2D eigenvalue weighted by atomic mass is 16.5. The van der Waals surface area contributed by atoms with E-state index >= 15 is 0 Å². The minimum absolute atomic E-state index is 0.105. The zero-order chi connectivity index (χ0) is 20.6. The third kappa shape index (κ3) is 4.86. The van der Waals surface area contributed by atoms with Crippen molar-refractivity contribution in [1.29, 1.82) is 0 Å². The number of hydrogen-bond acceptors (Lipinski definition) is 7. The number of rotatable bonds is 7. The molecule has 0 aliphatic heterocycles. The second-order valence-corrected chi connectivity index (χ2v) is 5.83. The summed E-state index contributed by atoms with van der Waals surface area (Å²) in [7, 11) is 1.28. The number of para-hydroxylation sites is 3. The van der Waals surface area contributed by atoms with Gasteiger partial charge in [0.05, 0.1) is 43.0 Å². The third-order valence-corrected chi connectivity index (χ3v) is 3.91. The molecule has 0 spiro atoms. The third-order valence-electron chi connectivity index (χ3n) is 3.91. The fraction of sp³-hybridized carbons (Fsp3) is 0.143. The molecule has 148 valence electrons. The maximum Gasteiger partial charge on any atom is 0.339 e. The van der Waals surface area contributed by atoms with Crippen LogP contribution >= 0.6 is 0 Å². The van der Waals surface area contributed by atoms with Gasteiger partial charge in [0.1, 0.15) is 17.3 Å². The number of anilines is 3. The van der Waals surface area contributed by atoms with E-state index in [1.807, 2.05) is 31.2 Å². The predicted octanol–water partition coefficient (Wildman–Crippen LogP) is 3.66. The number of ether oxygens (including phenoxy) is 2. The average molecular weight is 392 g/mol. The summed E-state index contributed by atoms with van der Waals surface area (Å²) in [5, 5.41) is 5.77. The Labute approximate surface area is 167 Å². The van der Waals surface area contributed by atoms with E-state index < -0.39 is 11.9 Å². The van der Waals surface area contributed by atoms with Crippen molar-refractivity contribution in [3.05, 3.63) is 72.2 Å². The van der Waals surface area contributed by atoms with Crippen molar-refractivity contribution in [2.75, 3.05) is 24.4 Å². The molecule has 1 heterocycles. The SMILES string of the molecule is CCOc1ccccc1Nc1cnc(C(=O)Nc2ccccc2C(=O)OC)cn1. The van der Waals surface area contributed by atoms with Crippen LogP contribution in [0.5, 0.6) is 5.75 Å². The molecule has 2 aromatic carbocycles. The van der Waals surface area contributed by atoms with Crippen molar-refractivity contribution in [1.82, 2.24) is 9.97 Å². The number of carbonyl (C=O) groups excluding carboxylic acids is 2. The van der Waals surface area contributed by atoms with Gasteiger partial charge in [0.15, 0.2) is 0 Å². The van der Waals surface area contributed by atoms with Crippen LogP contribution in [-0.4, -0.2) is 35.6 Å². The molecule has 0 radical (unpaired) electrons. The molecule has 0 atom stereocenters. The molecule has 0 bridgehead atoms. The zero-order valence-electron chi connectivity index (χ0n) is 16.0. The molecule has 0 aliphatic rings. The maximum atomic E-state index is 12.5. The first-order valence-corrected chi connectivity index (χ1v) is 8.92. The maximum absolute atomic E-state index is 12.5. The van der Waals surface area contributed by atoms with E-state index in [0.717, 1.165) is 5.69 Å². The molecule has 0 unspecified atom stereocenters. The van der Waals surface area contributed by atoms with Crippen molar-refractivity contribution in [3.63, 3.8) is 0 Å². The van der Waals surface area contributed by atoms with Crippen LogP contribution in [-0.2, 0) is 4.74 Å². The van der Waals surface area contributed by atoms with Gasteiger partial charge in [-0.25, -0.2) is 14.8 Å². The Morgan fingerprint density at radius 2 is 1.69 bits per heavy atom.